The number of ether oxygens (including phenoxy) is 1. The lowest BCUT2D eigenvalue weighted by atomic mass is 10.1. The third-order valence-corrected chi connectivity index (χ3v) is 4.44. The van der Waals surface area contributed by atoms with Crippen molar-refractivity contribution in [2.45, 2.75) is 19.9 Å². The Hall–Kier alpha value is -2.92. The van der Waals surface area contributed by atoms with Gasteiger partial charge in [-0.05, 0) is 36.2 Å². The third kappa shape index (κ3) is 3.83. The topological polar surface area (TPSA) is 60.3 Å². The van der Waals surface area contributed by atoms with E-state index >= 15 is 0 Å². The van der Waals surface area contributed by atoms with Crippen LogP contribution in [-0.4, -0.2) is 24.2 Å². The molecule has 0 bridgehead atoms. The Bertz CT molecular complexity index is 992. The summed E-state index contributed by atoms with van der Waals surface area (Å²) in [4.78, 5) is 25.1. The van der Waals surface area contributed by atoms with Crippen LogP contribution in [0.1, 0.15) is 11.1 Å². The van der Waals surface area contributed by atoms with Crippen LogP contribution in [0, 0.1) is 6.92 Å². The Morgan fingerprint density at radius 2 is 1.88 bits per heavy atom. The second-order valence-corrected chi connectivity index (χ2v) is 6.23. The van der Waals surface area contributed by atoms with E-state index in [-0.39, 0.29) is 11.5 Å². The van der Waals surface area contributed by atoms with Crippen molar-refractivity contribution in [3.63, 3.8) is 0 Å². The molecule has 1 N–H and O–H groups in total. The van der Waals surface area contributed by atoms with Crippen LogP contribution in [0.2, 0.25) is 0 Å². The van der Waals surface area contributed by atoms with Crippen LogP contribution in [0.4, 0.5) is 5.69 Å². The highest BCUT2D eigenvalue weighted by Gasteiger charge is 2.10. The maximum Gasteiger partial charge on any atom is 0.258 e. The number of anilines is 1. The monoisotopic (exact) mass is 350 g/mol. The number of hydrogen-bond acceptors (Lipinski definition) is 3. The van der Waals surface area contributed by atoms with Gasteiger partial charge in [-0.25, -0.2) is 0 Å². The predicted molar refractivity (Wildman–Crippen MR) is 104 cm³/mol. The van der Waals surface area contributed by atoms with Gasteiger partial charge in [0.1, 0.15) is 0 Å². The first-order valence-electron chi connectivity index (χ1n) is 8.55. The molecule has 1 amide bonds. The number of pyridine rings is 1. The number of fused-ring (bicyclic) bond motifs is 1. The van der Waals surface area contributed by atoms with Crippen molar-refractivity contribution in [2.75, 3.05) is 19.0 Å². The molecule has 0 radical (unpaired) electrons. The Labute approximate surface area is 152 Å². The standard InChI is InChI=1S/C21H22N2O3/c1-15-6-3-4-7-16(15)14-20(24)22-19-9-5-8-18-17(19)10-11-23(21(18)25)12-13-26-2/h3-11H,12-14H2,1-2H3,(H,22,24). The number of hydrogen-bond donors (Lipinski definition) is 1. The van der Waals surface area contributed by atoms with E-state index < -0.39 is 0 Å². The van der Waals surface area contributed by atoms with Gasteiger partial charge in [0, 0.05) is 36.3 Å². The molecule has 3 rings (SSSR count). The van der Waals surface area contributed by atoms with Crippen LogP contribution < -0.4 is 10.9 Å². The minimum absolute atomic E-state index is 0.0884. The molecule has 1 heterocycles. The third-order valence-electron chi connectivity index (χ3n) is 4.44. The summed E-state index contributed by atoms with van der Waals surface area (Å²) in [7, 11) is 1.61. The number of carbonyl (C=O) groups is 1. The van der Waals surface area contributed by atoms with Crippen molar-refractivity contribution < 1.29 is 9.53 Å². The van der Waals surface area contributed by atoms with Crippen LogP contribution in [0.25, 0.3) is 10.8 Å². The van der Waals surface area contributed by atoms with E-state index in [0.29, 0.717) is 30.6 Å². The number of carbonyl (C=O) groups excluding carboxylic acids is 1. The van der Waals surface area contributed by atoms with E-state index in [1.54, 1.807) is 30.0 Å². The molecule has 0 spiro atoms. The Balaban J connectivity index is 1.86. The summed E-state index contributed by atoms with van der Waals surface area (Å²) in [5.74, 6) is -0.102. The molecule has 0 saturated heterocycles. The SMILES string of the molecule is COCCn1ccc2c(NC(=O)Cc3ccccc3C)cccc2c1=O. The molecule has 0 aliphatic heterocycles. The molecule has 0 atom stereocenters. The normalized spacial score (nSPS) is 10.8. The summed E-state index contributed by atoms with van der Waals surface area (Å²) < 4.78 is 6.65. The van der Waals surface area contributed by atoms with Crippen LogP contribution in [-0.2, 0) is 22.5 Å². The van der Waals surface area contributed by atoms with Gasteiger partial charge in [0.15, 0.2) is 0 Å². The number of benzene rings is 2. The first-order valence-corrected chi connectivity index (χ1v) is 8.55. The van der Waals surface area contributed by atoms with Crippen LogP contribution in [0.15, 0.2) is 59.5 Å². The fraction of sp³-hybridized carbons (Fsp3) is 0.238. The van der Waals surface area contributed by atoms with Crippen LogP contribution in [0.5, 0.6) is 0 Å². The van der Waals surface area contributed by atoms with Gasteiger partial charge in [0.2, 0.25) is 5.91 Å². The minimum Gasteiger partial charge on any atom is -0.383 e. The van der Waals surface area contributed by atoms with E-state index in [1.165, 1.54) is 0 Å². The van der Waals surface area contributed by atoms with Gasteiger partial charge >= 0.3 is 0 Å². The van der Waals surface area contributed by atoms with Crippen LogP contribution >= 0.6 is 0 Å². The molecule has 5 nitrogen and oxygen atoms in total. The molecule has 0 saturated carbocycles. The fourth-order valence-electron chi connectivity index (χ4n) is 2.97. The lowest BCUT2D eigenvalue weighted by Gasteiger charge is -2.11. The molecule has 134 valence electrons. The maximum atomic E-state index is 12.6. The number of aromatic nitrogens is 1. The molecular formula is C21H22N2O3. The van der Waals surface area contributed by atoms with Crippen molar-refractivity contribution >= 4 is 22.4 Å². The molecule has 5 heteroatoms. The first-order chi connectivity index (χ1) is 12.6. The van der Waals surface area contributed by atoms with Gasteiger partial charge < -0.3 is 14.6 Å². The largest absolute Gasteiger partial charge is 0.383 e. The molecular weight excluding hydrogens is 328 g/mol. The highest BCUT2D eigenvalue weighted by molar-refractivity contribution is 6.02. The lowest BCUT2D eigenvalue weighted by Crippen LogP contribution is -2.22. The van der Waals surface area contributed by atoms with E-state index in [2.05, 4.69) is 5.32 Å². The van der Waals surface area contributed by atoms with Crippen molar-refractivity contribution in [3.8, 4) is 0 Å². The average molecular weight is 350 g/mol. The molecule has 2 aromatic carbocycles. The van der Waals surface area contributed by atoms with Gasteiger partial charge in [-0.2, -0.15) is 0 Å². The molecule has 26 heavy (non-hydrogen) atoms. The van der Waals surface area contributed by atoms with E-state index in [1.807, 2.05) is 43.3 Å². The van der Waals surface area contributed by atoms with Gasteiger partial charge in [-0.1, -0.05) is 30.3 Å². The number of nitrogens with one attached hydrogen (secondary N) is 1. The van der Waals surface area contributed by atoms with Crippen LogP contribution in [0.3, 0.4) is 0 Å². The number of methoxy groups -OCH3 is 1. The van der Waals surface area contributed by atoms with Gasteiger partial charge in [-0.3, -0.25) is 9.59 Å². The van der Waals surface area contributed by atoms with Crippen molar-refractivity contribution in [2.24, 2.45) is 0 Å². The summed E-state index contributed by atoms with van der Waals surface area (Å²) in [5.41, 5.74) is 2.64. The minimum atomic E-state index is -0.102. The zero-order chi connectivity index (χ0) is 18.5. The highest BCUT2D eigenvalue weighted by Crippen LogP contribution is 2.21. The lowest BCUT2D eigenvalue weighted by molar-refractivity contribution is -0.115. The maximum absolute atomic E-state index is 12.6. The quantitative estimate of drug-likeness (QED) is 0.743. The summed E-state index contributed by atoms with van der Waals surface area (Å²) in [5, 5.41) is 4.26. The van der Waals surface area contributed by atoms with Gasteiger partial charge in [-0.15, -0.1) is 0 Å². The molecule has 1 aromatic heterocycles. The second kappa shape index (κ2) is 7.97. The van der Waals surface area contributed by atoms with Crippen molar-refractivity contribution in [1.29, 1.82) is 0 Å². The second-order valence-electron chi connectivity index (χ2n) is 6.23. The Morgan fingerprint density at radius 1 is 1.08 bits per heavy atom. The van der Waals surface area contributed by atoms with E-state index in [0.717, 1.165) is 16.5 Å². The van der Waals surface area contributed by atoms with Crippen molar-refractivity contribution in [1.82, 2.24) is 4.57 Å². The zero-order valence-corrected chi connectivity index (χ0v) is 15.0. The van der Waals surface area contributed by atoms with Crippen molar-refractivity contribution in [3.05, 3.63) is 76.2 Å². The molecule has 0 aliphatic rings. The fourth-order valence-corrected chi connectivity index (χ4v) is 2.97. The van der Waals surface area contributed by atoms with Gasteiger partial charge in [0.25, 0.3) is 5.56 Å². The van der Waals surface area contributed by atoms with E-state index in [4.69, 9.17) is 4.74 Å². The number of amides is 1. The Morgan fingerprint density at radius 3 is 2.65 bits per heavy atom. The first kappa shape index (κ1) is 17.9. The summed E-state index contributed by atoms with van der Waals surface area (Å²) in [6.45, 7) is 2.95. The highest BCUT2D eigenvalue weighted by atomic mass is 16.5. The molecule has 0 aliphatic carbocycles. The Kier molecular flexibility index (Phi) is 5.49. The van der Waals surface area contributed by atoms with Gasteiger partial charge in [0.05, 0.1) is 13.0 Å². The van der Waals surface area contributed by atoms with E-state index in [9.17, 15) is 9.59 Å². The molecule has 0 unspecified atom stereocenters. The number of nitrogens with zero attached hydrogens (tertiary/aromatic N) is 1. The molecule has 0 fully saturated rings. The zero-order valence-electron chi connectivity index (χ0n) is 15.0. The average Bonchev–Trinajstić information content (AvgIpc) is 2.64. The predicted octanol–water partition coefficient (Wildman–Crippen LogP) is 3.14. The molecule has 3 aromatic rings. The summed E-state index contributed by atoms with van der Waals surface area (Å²) in [6.07, 6.45) is 2.04. The summed E-state index contributed by atoms with van der Waals surface area (Å²) >= 11 is 0. The summed E-state index contributed by atoms with van der Waals surface area (Å²) in [6, 6.07) is 15.1. The smallest absolute Gasteiger partial charge is 0.258 e. The number of rotatable bonds is 6. The number of aryl methyl sites for hydroxylation is 1.